The van der Waals surface area contributed by atoms with Crippen LogP contribution in [0.25, 0.3) is 0 Å². The minimum Gasteiger partial charge on any atom is -1.00 e. The van der Waals surface area contributed by atoms with Gasteiger partial charge in [-0.05, 0) is 16.1 Å². The van der Waals surface area contributed by atoms with Crippen LogP contribution in [-0.2, 0) is 26.2 Å². The van der Waals surface area contributed by atoms with Crippen LogP contribution in [0, 0.1) is 12.2 Å². The fourth-order valence-electron chi connectivity index (χ4n) is 1.84. The summed E-state index contributed by atoms with van der Waals surface area (Å²) in [7, 11) is -1.96. The van der Waals surface area contributed by atoms with Crippen LogP contribution in [0.5, 0.6) is 0 Å². The molecule has 0 radical (unpaired) electrons. The maximum Gasteiger partial charge on any atom is 4.00 e. The Kier molecular flexibility index (Phi) is 14.5. The van der Waals surface area contributed by atoms with Crippen LogP contribution in [0.4, 0.5) is 0 Å². The van der Waals surface area contributed by atoms with Crippen molar-refractivity contribution >= 4 is 16.1 Å². The van der Waals surface area contributed by atoms with Gasteiger partial charge in [0.2, 0.25) is 0 Å². The van der Waals surface area contributed by atoms with E-state index in [0.717, 1.165) is 12.8 Å². The van der Waals surface area contributed by atoms with Gasteiger partial charge in [-0.15, -0.1) is 12.8 Å². The maximum absolute atomic E-state index is 3.20. The summed E-state index contributed by atoms with van der Waals surface area (Å²) in [6.07, 6.45) is 17.4. The first-order valence-electron chi connectivity index (χ1n) is 6.76. The molecule has 116 valence electrons. The van der Waals surface area contributed by atoms with E-state index in [9.17, 15) is 0 Å². The SMILES string of the molecule is C[Si](C)(C)C1=CC[C-]=C1.C[Si](C)(C)C1=CC[C-]=C1.[Cl-].[Cl-].[Zr+4]. The van der Waals surface area contributed by atoms with Crippen molar-refractivity contribution in [1.29, 1.82) is 0 Å². The molecular weight excluding hydrogens is 410 g/mol. The Morgan fingerprint density at radius 1 is 0.714 bits per heavy atom. The monoisotopic (exact) mass is 434 g/mol. The Balaban J connectivity index is -0.000000270. The normalized spacial score (nSPS) is 15.7. The Labute approximate surface area is 165 Å². The van der Waals surface area contributed by atoms with Gasteiger partial charge in [-0.3, -0.25) is 12.2 Å². The van der Waals surface area contributed by atoms with E-state index in [2.05, 4.69) is 75.7 Å². The van der Waals surface area contributed by atoms with Crippen LogP contribution >= 0.6 is 0 Å². The van der Waals surface area contributed by atoms with E-state index in [4.69, 9.17) is 0 Å². The predicted octanol–water partition coefficient (Wildman–Crippen LogP) is -0.888. The van der Waals surface area contributed by atoms with Gasteiger partial charge in [0.15, 0.2) is 0 Å². The van der Waals surface area contributed by atoms with Gasteiger partial charge in [-0.2, -0.15) is 12.2 Å². The summed E-state index contributed by atoms with van der Waals surface area (Å²) >= 11 is 0. The van der Waals surface area contributed by atoms with Crippen molar-refractivity contribution in [3.63, 3.8) is 0 Å². The summed E-state index contributed by atoms with van der Waals surface area (Å²) in [4.78, 5) is 0. The summed E-state index contributed by atoms with van der Waals surface area (Å²) in [5, 5.41) is 3.12. The van der Waals surface area contributed by atoms with Gasteiger partial charge in [-0.1, -0.05) is 39.3 Å². The molecule has 0 aromatic rings. The van der Waals surface area contributed by atoms with Gasteiger partial charge in [0, 0.05) is 0 Å². The first-order chi connectivity index (χ1) is 8.21. The Bertz CT molecular complexity index is 371. The Hall–Kier alpha value is 0.857. The molecule has 0 nitrogen and oxygen atoms in total. The molecule has 0 aliphatic heterocycles. The average Bonchev–Trinajstić information content (AvgIpc) is 2.91. The van der Waals surface area contributed by atoms with Gasteiger partial charge in [0.25, 0.3) is 0 Å². The van der Waals surface area contributed by atoms with Crippen molar-refractivity contribution < 1.29 is 51.0 Å². The van der Waals surface area contributed by atoms with Gasteiger partial charge in [0.05, 0.1) is 0 Å². The van der Waals surface area contributed by atoms with Crippen LogP contribution in [0.3, 0.4) is 0 Å². The second kappa shape index (κ2) is 11.4. The van der Waals surface area contributed by atoms with Gasteiger partial charge < -0.3 is 24.8 Å². The summed E-state index contributed by atoms with van der Waals surface area (Å²) in [6.45, 7) is 14.2. The van der Waals surface area contributed by atoms with Gasteiger partial charge in [0.1, 0.15) is 0 Å². The van der Waals surface area contributed by atoms with Crippen molar-refractivity contribution in [3.8, 4) is 0 Å². The third-order valence-electron chi connectivity index (χ3n) is 3.13. The second-order valence-corrected chi connectivity index (χ2v) is 17.1. The third kappa shape index (κ3) is 10.3. The summed E-state index contributed by atoms with van der Waals surface area (Å²) in [5.41, 5.74) is 0. The van der Waals surface area contributed by atoms with Crippen molar-refractivity contribution in [2.45, 2.75) is 52.1 Å². The number of allylic oxidation sites excluding steroid dienone is 8. The number of hydrogen-bond acceptors (Lipinski definition) is 0. The quantitative estimate of drug-likeness (QED) is 0.389. The van der Waals surface area contributed by atoms with E-state index in [-0.39, 0.29) is 51.0 Å². The molecule has 21 heavy (non-hydrogen) atoms. The molecule has 0 heterocycles. The zero-order chi connectivity index (χ0) is 13.8. The molecule has 0 aromatic carbocycles. The first kappa shape index (κ1) is 26.7. The van der Waals surface area contributed by atoms with Crippen LogP contribution in [0.2, 0.25) is 39.3 Å². The molecule has 5 heteroatoms. The molecular formula is C16H26Cl2Si2Zr. The van der Waals surface area contributed by atoms with Crippen molar-refractivity contribution in [1.82, 2.24) is 0 Å². The molecule has 2 aliphatic rings. The first-order valence-corrected chi connectivity index (χ1v) is 13.8. The van der Waals surface area contributed by atoms with Crippen molar-refractivity contribution in [3.05, 3.63) is 46.8 Å². The average molecular weight is 437 g/mol. The minimum absolute atomic E-state index is 0. The summed E-state index contributed by atoms with van der Waals surface area (Å²) in [5.74, 6) is 0. The topological polar surface area (TPSA) is 0 Å². The smallest absolute Gasteiger partial charge is 1.00 e. The largest absolute Gasteiger partial charge is 4.00 e. The van der Waals surface area contributed by atoms with E-state index in [1.807, 2.05) is 0 Å². The molecule has 2 aliphatic carbocycles. The van der Waals surface area contributed by atoms with Gasteiger partial charge >= 0.3 is 26.2 Å². The predicted molar refractivity (Wildman–Crippen MR) is 87.7 cm³/mol. The number of hydrogen-bond donors (Lipinski definition) is 0. The second-order valence-electron chi connectivity index (χ2n) is 6.92. The van der Waals surface area contributed by atoms with Crippen LogP contribution in [0.15, 0.2) is 34.7 Å². The maximum atomic E-state index is 3.20. The molecule has 0 N–H and O–H groups in total. The number of halogens is 2. The van der Waals surface area contributed by atoms with Gasteiger partial charge in [-0.25, -0.2) is 22.5 Å². The molecule has 0 aromatic heterocycles. The summed E-state index contributed by atoms with van der Waals surface area (Å²) < 4.78 is 0. The molecule has 0 unspecified atom stereocenters. The standard InChI is InChI=1S/2C8H13Si.2ClH.Zr/c2*1-9(2,3)8-6-4-5-7-8;;;/h2*6-7H,4H2,1-3H3;2*1H;/q2*-1;;;+4/p-2. The number of rotatable bonds is 2. The minimum atomic E-state index is -0.981. The van der Waals surface area contributed by atoms with Crippen LogP contribution < -0.4 is 24.8 Å². The van der Waals surface area contributed by atoms with E-state index >= 15 is 0 Å². The molecule has 0 saturated heterocycles. The third-order valence-corrected chi connectivity index (χ3v) is 7.29. The van der Waals surface area contributed by atoms with E-state index in [1.165, 1.54) is 0 Å². The molecule has 0 fully saturated rings. The van der Waals surface area contributed by atoms with Crippen molar-refractivity contribution in [2.75, 3.05) is 0 Å². The molecule has 0 amide bonds. The van der Waals surface area contributed by atoms with E-state index < -0.39 is 16.1 Å². The molecule has 0 atom stereocenters. The molecule has 0 saturated carbocycles. The summed E-state index contributed by atoms with van der Waals surface area (Å²) in [6, 6.07) is 0. The van der Waals surface area contributed by atoms with E-state index in [1.54, 1.807) is 10.4 Å². The molecule has 0 spiro atoms. The fourth-order valence-corrected chi connectivity index (χ4v) is 4.34. The fraction of sp³-hybridized carbons (Fsp3) is 0.500. The zero-order valence-corrected chi connectivity index (χ0v) is 19.9. The van der Waals surface area contributed by atoms with Crippen LogP contribution in [0.1, 0.15) is 12.8 Å². The zero-order valence-electron chi connectivity index (χ0n) is 14.0. The molecule has 0 bridgehead atoms. The van der Waals surface area contributed by atoms with Crippen molar-refractivity contribution in [2.24, 2.45) is 0 Å². The van der Waals surface area contributed by atoms with Crippen LogP contribution in [-0.4, -0.2) is 16.1 Å². The Morgan fingerprint density at radius 3 is 1.10 bits per heavy atom. The molecule has 2 rings (SSSR count). The van der Waals surface area contributed by atoms with E-state index in [0.29, 0.717) is 0 Å². The Morgan fingerprint density at radius 2 is 1.00 bits per heavy atom.